The molecule has 6 aliphatic heterocycles. The molecule has 0 saturated carbocycles. The molecule has 10 unspecified atom stereocenters. The van der Waals surface area contributed by atoms with Gasteiger partial charge in [-0.15, -0.1) is 5.53 Å². The Kier molecular flexibility index (Phi) is 8.25. The number of urea groups is 1. The molecule has 0 aliphatic carbocycles. The van der Waals surface area contributed by atoms with Crippen LogP contribution in [0.5, 0.6) is 0 Å². The maximum atomic E-state index is 16.3. The Labute approximate surface area is 248 Å². The summed E-state index contributed by atoms with van der Waals surface area (Å²) in [7, 11) is 0. The highest BCUT2D eigenvalue weighted by molar-refractivity contribution is 5.87. The molecule has 6 heterocycles. The van der Waals surface area contributed by atoms with E-state index >= 15 is 4.39 Å². The number of alkyl halides is 1. The molecule has 232 valence electrons. The molecule has 12 heteroatoms. The van der Waals surface area contributed by atoms with Gasteiger partial charge in [-0.2, -0.15) is 0 Å². The van der Waals surface area contributed by atoms with Crippen molar-refractivity contribution < 1.29 is 14.0 Å². The molecule has 4 saturated heterocycles. The zero-order chi connectivity index (χ0) is 29.7. The zero-order valence-corrected chi connectivity index (χ0v) is 25.3. The van der Waals surface area contributed by atoms with E-state index in [1.807, 2.05) is 27.9 Å². The predicted octanol–water partition coefficient (Wildman–Crippen LogP) is 1.56. The fourth-order valence-corrected chi connectivity index (χ4v) is 8.31. The number of hydrazine groups is 2. The summed E-state index contributed by atoms with van der Waals surface area (Å²) in [6.45, 7) is 14.3. The SMILES string of the molecule is C=CC(=O)N1CC(C)N(C2NC(=O)N3C4NC(C(F)CC24)N2NNC=C2CC=CCC2CCNC(C(C)C)C23)CC1C. The van der Waals surface area contributed by atoms with Crippen molar-refractivity contribution in [3.8, 4) is 0 Å². The van der Waals surface area contributed by atoms with Gasteiger partial charge < -0.3 is 25.9 Å². The minimum Gasteiger partial charge on any atom is -0.334 e. The molecule has 4 fully saturated rings. The first-order valence-electron chi connectivity index (χ1n) is 15.7. The largest absolute Gasteiger partial charge is 0.334 e. The van der Waals surface area contributed by atoms with Gasteiger partial charge >= 0.3 is 6.03 Å². The van der Waals surface area contributed by atoms with Crippen LogP contribution >= 0.6 is 0 Å². The summed E-state index contributed by atoms with van der Waals surface area (Å²) >= 11 is 0. The lowest BCUT2D eigenvalue weighted by Crippen LogP contribution is -2.80. The van der Waals surface area contributed by atoms with Gasteiger partial charge in [-0.3, -0.25) is 20.0 Å². The molecule has 10 atom stereocenters. The van der Waals surface area contributed by atoms with E-state index in [0.29, 0.717) is 31.8 Å². The third-order valence-corrected chi connectivity index (χ3v) is 10.4. The number of halogens is 1. The molecule has 3 amide bonds. The van der Waals surface area contributed by atoms with Crippen LogP contribution in [0.25, 0.3) is 0 Å². The molecule has 6 aliphatic rings. The van der Waals surface area contributed by atoms with Crippen LogP contribution in [-0.4, -0.2) is 100 Å². The molecule has 42 heavy (non-hydrogen) atoms. The van der Waals surface area contributed by atoms with Crippen LogP contribution in [0, 0.1) is 17.8 Å². The van der Waals surface area contributed by atoms with Crippen molar-refractivity contribution >= 4 is 11.9 Å². The minimum absolute atomic E-state index is 0.0133. The summed E-state index contributed by atoms with van der Waals surface area (Å²) in [5.74, 6) is 0.334. The fraction of sp³-hybridized carbons (Fsp3) is 0.733. The number of hydrogen-bond acceptors (Lipinski definition) is 8. The van der Waals surface area contributed by atoms with E-state index in [2.05, 4.69) is 71.3 Å². The number of hydrogen-bond donors (Lipinski definition) is 5. The van der Waals surface area contributed by atoms with E-state index in [4.69, 9.17) is 0 Å². The van der Waals surface area contributed by atoms with Gasteiger partial charge in [0.15, 0.2) is 0 Å². The van der Waals surface area contributed by atoms with Crippen LogP contribution in [0.15, 0.2) is 36.7 Å². The number of nitrogens with zero attached hydrogens (tertiary/aromatic N) is 4. The molecule has 0 aromatic carbocycles. The van der Waals surface area contributed by atoms with E-state index in [0.717, 1.165) is 25.1 Å². The van der Waals surface area contributed by atoms with Gasteiger partial charge in [-0.05, 0) is 57.6 Å². The Morgan fingerprint density at radius 1 is 1.14 bits per heavy atom. The van der Waals surface area contributed by atoms with Gasteiger partial charge in [-0.25, -0.2) is 9.18 Å². The second kappa shape index (κ2) is 11.8. The normalized spacial score (nSPS) is 40.7. The zero-order valence-electron chi connectivity index (χ0n) is 25.3. The van der Waals surface area contributed by atoms with Gasteiger partial charge in [0.1, 0.15) is 12.3 Å². The van der Waals surface area contributed by atoms with Crippen LogP contribution in [0.1, 0.15) is 53.4 Å². The summed E-state index contributed by atoms with van der Waals surface area (Å²) in [6.07, 6.45) is 7.98. The monoisotopic (exact) mass is 585 g/mol. The van der Waals surface area contributed by atoms with Crippen LogP contribution < -0.4 is 26.9 Å². The predicted molar refractivity (Wildman–Crippen MR) is 159 cm³/mol. The Hall–Kier alpha value is -2.67. The van der Waals surface area contributed by atoms with Crippen molar-refractivity contribution in [2.24, 2.45) is 17.8 Å². The topological polar surface area (TPSA) is 107 Å². The number of allylic oxidation sites excluding steroid dienone is 2. The average molecular weight is 586 g/mol. The Morgan fingerprint density at radius 2 is 1.95 bits per heavy atom. The second-order valence-electron chi connectivity index (χ2n) is 13.3. The van der Waals surface area contributed by atoms with E-state index in [-0.39, 0.29) is 60.3 Å². The van der Waals surface area contributed by atoms with Crippen LogP contribution in [-0.2, 0) is 4.79 Å². The number of fused-ring (bicyclic) bond motifs is 5. The summed E-state index contributed by atoms with van der Waals surface area (Å²) in [4.78, 5) is 33.1. The number of piperidine rings is 2. The van der Waals surface area contributed by atoms with Crippen molar-refractivity contribution in [2.75, 3.05) is 19.6 Å². The number of piperazine rings is 1. The van der Waals surface area contributed by atoms with Gasteiger partial charge in [0, 0.05) is 49.8 Å². The summed E-state index contributed by atoms with van der Waals surface area (Å²) < 4.78 is 16.3. The summed E-state index contributed by atoms with van der Waals surface area (Å²) in [5.41, 5.74) is 7.15. The standard InChI is InChI=1S/C30H48FN9O2/c1-6-24(41)37-15-19(5)38(16-18(37)4)27-22-13-23(31)29-34-28(22)39(30(42)35-27)26-20(11-12-32-25(26)17(2)3)9-7-8-10-21-14-33-36-40(21)29/h6-8,14,17-20,22-23,25-29,32-34,36H,1,9-13,15-16H2,2-5H3,(H,35,42). The van der Waals surface area contributed by atoms with Crippen molar-refractivity contribution in [1.82, 2.24) is 46.6 Å². The van der Waals surface area contributed by atoms with Gasteiger partial charge in [0.25, 0.3) is 0 Å². The maximum Gasteiger partial charge on any atom is 0.320 e. The average Bonchev–Trinajstić information content (AvgIpc) is 3.43. The number of carbonyl (C=O) groups excluding carboxylic acids is 2. The van der Waals surface area contributed by atoms with E-state index < -0.39 is 12.3 Å². The molecule has 0 radical (unpaired) electrons. The van der Waals surface area contributed by atoms with Crippen LogP contribution in [0.2, 0.25) is 0 Å². The van der Waals surface area contributed by atoms with Crippen molar-refractivity contribution in [2.45, 2.75) is 102 Å². The van der Waals surface area contributed by atoms with Gasteiger partial charge in [-0.1, -0.05) is 32.6 Å². The first kappa shape index (κ1) is 29.4. The first-order chi connectivity index (χ1) is 20.2. The fourth-order valence-electron chi connectivity index (χ4n) is 8.31. The maximum absolute atomic E-state index is 16.3. The Morgan fingerprint density at radius 3 is 2.71 bits per heavy atom. The molecule has 6 rings (SSSR count). The molecular weight excluding hydrogens is 537 g/mol. The lowest BCUT2D eigenvalue weighted by molar-refractivity contribution is -0.137. The van der Waals surface area contributed by atoms with E-state index in [1.54, 1.807) is 0 Å². The van der Waals surface area contributed by atoms with Crippen molar-refractivity contribution in [1.29, 1.82) is 0 Å². The Bertz CT molecular complexity index is 1120. The molecule has 0 aromatic heterocycles. The minimum atomic E-state index is -1.18. The Balaban J connectivity index is 1.38. The summed E-state index contributed by atoms with van der Waals surface area (Å²) in [5, 5.41) is 12.6. The number of nitrogens with one attached hydrogen (secondary N) is 5. The molecule has 0 aromatic rings. The molecular formula is C30H48FN9O2. The number of carbonyl (C=O) groups is 2. The molecule has 11 nitrogen and oxygen atoms in total. The number of rotatable bonds is 3. The van der Waals surface area contributed by atoms with E-state index in [9.17, 15) is 9.59 Å². The second-order valence-corrected chi connectivity index (χ2v) is 13.3. The van der Waals surface area contributed by atoms with Crippen LogP contribution in [0.4, 0.5) is 9.18 Å². The van der Waals surface area contributed by atoms with E-state index in [1.165, 1.54) is 6.08 Å². The quantitative estimate of drug-likeness (QED) is 0.251. The third kappa shape index (κ3) is 5.10. The van der Waals surface area contributed by atoms with Gasteiger partial charge in [0.2, 0.25) is 5.91 Å². The van der Waals surface area contributed by atoms with Crippen molar-refractivity contribution in [3.63, 3.8) is 0 Å². The lowest BCUT2D eigenvalue weighted by atomic mass is 9.76. The highest BCUT2D eigenvalue weighted by atomic mass is 19.1. The van der Waals surface area contributed by atoms with Crippen LogP contribution in [0.3, 0.4) is 0 Å². The van der Waals surface area contributed by atoms with Gasteiger partial charge in [0.05, 0.1) is 24.1 Å². The highest BCUT2D eigenvalue weighted by Gasteiger charge is 2.56. The third-order valence-electron chi connectivity index (χ3n) is 10.4. The molecule has 2 bridgehead atoms. The smallest absolute Gasteiger partial charge is 0.320 e. The molecule has 5 N–H and O–H groups in total. The summed E-state index contributed by atoms with van der Waals surface area (Å²) in [6, 6.07) is -0.0944. The highest BCUT2D eigenvalue weighted by Crippen LogP contribution is 2.40. The molecule has 0 spiro atoms. The van der Waals surface area contributed by atoms with Crippen molar-refractivity contribution in [3.05, 3.63) is 36.7 Å². The first-order valence-corrected chi connectivity index (χ1v) is 15.7. The lowest BCUT2D eigenvalue weighted by Gasteiger charge is -2.60. The number of amides is 3.